The second-order valence-electron chi connectivity index (χ2n) is 2.95. The lowest BCUT2D eigenvalue weighted by Gasteiger charge is -1.99. The number of pyridine rings is 2. The van der Waals surface area contributed by atoms with Crippen LogP contribution in [0.4, 0.5) is 11.4 Å². The van der Waals surface area contributed by atoms with Crippen molar-refractivity contribution in [3.8, 4) is 0 Å². The summed E-state index contributed by atoms with van der Waals surface area (Å²) in [6, 6.07) is 7.14. The highest BCUT2D eigenvalue weighted by Crippen LogP contribution is 2.03. The maximum atomic E-state index is 5.32. The molecular weight excluding hydrogens is 252 g/mol. The smallest absolute Gasteiger partial charge is 0.135 e. The van der Waals surface area contributed by atoms with Crippen molar-refractivity contribution >= 4 is 40.5 Å². The first-order valence-electron chi connectivity index (χ1n) is 4.74. The van der Waals surface area contributed by atoms with Crippen molar-refractivity contribution in [1.29, 1.82) is 0 Å². The minimum atomic E-state index is 0.464. The zero-order chi connectivity index (χ0) is 12.5. The summed E-state index contributed by atoms with van der Waals surface area (Å²) < 4.78 is 0.464. The third-order valence-electron chi connectivity index (χ3n) is 1.64. The van der Waals surface area contributed by atoms with Crippen molar-refractivity contribution in [1.82, 2.24) is 9.97 Å². The van der Waals surface area contributed by atoms with Crippen molar-refractivity contribution in [2.45, 2.75) is 0 Å². The van der Waals surface area contributed by atoms with Gasteiger partial charge >= 0.3 is 0 Å². The first kappa shape index (κ1) is 13.4. The molecule has 0 bridgehead atoms. The van der Waals surface area contributed by atoms with Crippen LogP contribution in [0.2, 0.25) is 0 Å². The molecule has 2 rings (SSSR count). The fourth-order valence-electron chi connectivity index (χ4n) is 0.922. The molecule has 2 aromatic rings. The molecule has 88 valence electrons. The summed E-state index contributed by atoms with van der Waals surface area (Å²) in [5, 5.41) is 2.86. The number of thiocarbonyl (C=S) groups is 1. The van der Waals surface area contributed by atoms with Crippen molar-refractivity contribution in [3.63, 3.8) is 0 Å². The van der Waals surface area contributed by atoms with Gasteiger partial charge in [-0.1, -0.05) is 12.2 Å². The van der Waals surface area contributed by atoms with Crippen LogP contribution in [0.25, 0.3) is 0 Å². The Morgan fingerprint density at radius 3 is 1.88 bits per heavy atom. The van der Waals surface area contributed by atoms with Crippen LogP contribution in [-0.2, 0) is 0 Å². The molecule has 0 fully saturated rings. The fourth-order valence-corrected chi connectivity index (χ4v) is 1.17. The molecule has 0 saturated heterocycles. The molecule has 0 saturated carbocycles. The zero-order valence-electron chi connectivity index (χ0n) is 8.95. The summed E-state index contributed by atoms with van der Waals surface area (Å²) in [5.41, 5.74) is 6.99. The van der Waals surface area contributed by atoms with Gasteiger partial charge < -0.3 is 11.1 Å². The van der Waals surface area contributed by atoms with Gasteiger partial charge in [0, 0.05) is 36.2 Å². The minimum absolute atomic E-state index is 0.464. The second-order valence-corrected chi connectivity index (χ2v) is 4.10. The molecule has 0 radical (unpaired) electrons. The zero-order valence-corrected chi connectivity index (χ0v) is 10.7. The van der Waals surface area contributed by atoms with Crippen molar-refractivity contribution in [3.05, 3.63) is 49.1 Å². The summed E-state index contributed by atoms with van der Waals surface area (Å²) in [7, 11) is 0. The molecule has 2 aromatic heterocycles. The highest BCUT2D eigenvalue weighted by atomic mass is 32.1. The van der Waals surface area contributed by atoms with E-state index in [-0.39, 0.29) is 0 Å². The Bertz CT molecular complexity index is 448. The minimum Gasteiger partial charge on any atom is -0.399 e. The molecule has 0 amide bonds. The molecule has 0 aliphatic heterocycles. The first-order chi connectivity index (χ1) is 8.18. The van der Waals surface area contributed by atoms with Crippen molar-refractivity contribution < 1.29 is 0 Å². The summed E-state index contributed by atoms with van der Waals surface area (Å²) in [6.07, 6.45) is 6.70. The number of nitrogen functional groups attached to an aromatic ring is 1. The van der Waals surface area contributed by atoms with E-state index < -0.39 is 0 Å². The van der Waals surface area contributed by atoms with Gasteiger partial charge in [0.05, 0.1) is 0 Å². The lowest BCUT2D eigenvalue weighted by molar-refractivity contribution is 1.33. The summed E-state index contributed by atoms with van der Waals surface area (Å²) >= 11 is 8.62. The normalized spacial score (nSPS) is 8.76. The molecule has 17 heavy (non-hydrogen) atoms. The van der Waals surface area contributed by atoms with E-state index in [0.717, 1.165) is 11.4 Å². The van der Waals surface area contributed by atoms with Gasteiger partial charge in [-0.25, -0.2) is 0 Å². The largest absolute Gasteiger partial charge is 0.399 e. The Kier molecular flexibility index (Phi) is 5.98. The molecule has 0 spiro atoms. The quantitative estimate of drug-likeness (QED) is 0.545. The van der Waals surface area contributed by atoms with Crippen LogP contribution in [0, 0.1) is 0 Å². The monoisotopic (exact) mass is 264 g/mol. The van der Waals surface area contributed by atoms with Crippen LogP contribution in [-0.4, -0.2) is 14.3 Å². The van der Waals surface area contributed by atoms with E-state index in [4.69, 9.17) is 18.0 Å². The van der Waals surface area contributed by atoms with E-state index in [1.807, 2.05) is 12.1 Å². The van der Waals surface area contributed by atoms with Gasteiger partial charge in [-0.15, -0.1) is 12.6 Å². The number of hydrogen-bond acceptors (Lipinski definition) is 4. The maximum absolute atomic E-state index is 5.32. The van der Waals surface area contributed by atoms with Crippen LogP contribution < -0.4 is 11.1 Å². The van der Waals surface area contributed by atoms with Gasteiger partial charge in [0.1, 0.15) is 4.32 Å². The molecule has 0 aliphatic rings. The Labute approximate surface area is 111 Å². The van der Waals surface area contributed by atoms with Crippen LogP contribution >= 0.6 is 24.8 Å². The molecule has 0 aromatic carbocycles. The number of rotatable bonds is 1. The van der Waals surface area contributed by atoms with Gasteiger partial charge in [0.25, 0.3) is 0 Å². The number of nitrogens with zero attached hydrogens (tertiary/aromatic N) is 2. The molecule has 4 nitrogen and oxygen atoms in total. The Morgan fingerprint density at radius 1 is 1.06 bits per heavy atom. The van der Waals surface area contributed by atoms with Crippen molar-refractivity contribution in [2.24, 2.45) is 0 Å². The summed E-state index contributed by atoms with van der Waals surface area (Å²) in [6.45, 7) is 0. The number of hydrogen-bond donors (Lipinski definition) is 3. The molecule has 6 heteroatoms. The number of anilines is 2. The molecule has 0 aliphatic carbocycles. The molecular formula is C11H12N4S2. The summed E-state index contributed by atoms with van der Waals surface area (Å²) in [5.74, 6) is 0. The predicted molar refractivity (Wildman–Crippen MR) is 78.1 cm³/mol. The van der Waals surface area contributed by atoms with E-state index in [2.05, 4.69) is 27.9 Å². The molecule has 0 unspecified atom stereocenters. The highest BCUT2D eigenvalue weighted by molar-refractivity contribution is 8.11. The Morgan fingerprint density at radius 2 is 1.53 bits per heavy atom. The Balaban J connectivity index is 0.000000181. The topological polar surface area (TPSA) is 63.8 Å². The van der Waals surface area contributed by atoms with E-state index in [1.54, 1.807) is 36.9 Å². The number of nitrogens with two attached hydrogens (primary N) is 1. The van der Waals surface area contributed by atoms with Crippen LogP contribution in [0.15, 0.2) is 49.1 Å². The lowest BCUT2D eigenvalue weighted by atomic mass is 10.4. The third-order valence-corrected chi connectivity index (χ3v) is 1.85. The Hall–Kier alpha value is -1.66. The van der Waals surface area contributed by atoms with E-state index >= 15 is 0 Å². The van der Waals surface area contributed by atoms with Gasteiger partial charge in [0.15, 0.2) is 0 Å². The molecule has 2 heterocycles. The van der Waals surface area contributed by atoms with Gasteiger partial charge in [-0.2, -0.15) is 0 Å². The number of nitrogens with one attached hydrogen (secondary N) is 1. The molecule has 0 atom stereocenters. The standard InChI is InChI=1S/C6H6N2S2.C5H6N2/c9-6(10)8-5-1-3-7-4-2-5;6-5-1-3-7-4-2-5/h1-4H,(H2,7,8,9,10);1-4H,(H2,6,7). The SMILES string of the molecule is Nc1ccncc1.S=C(S)Nc1ccncc1. The summed E-state index contributed by atoms with van der Waals surface area (Å²) in [4.78, 5) is 7.61. The average molecular weight is 264 g/mol. The van der Waals surface area contributed by atoms with Gasteiger partial charge in [0.2, 0.25) is 0 Å². The van der Waals surface area contributed by atoms with Crippen LogP contribution in [0.5, 0.6) is 0 Å². The van der Waals surface area contributed by atoms with E-state index in [9.17, 15) is 0 Å². The second kappa shape index (κ2) is 7.59. The first-order valence-corrected chi connectivity index (χ1v) is 5.59. The number of aromatic nitrogens is 2. The fraction of sp³-hybridized carbons (Fsp3) is 0. The predicted octanol–water partition coefficient (Wildman–Crippen LogP) is 2.37. The lowest BCUT2D eigenvalue weighted by Crippen LogP contribution is -1.99. The van der Waals surface area contributed by atoms with Gasteiger partial charge in [-0.3, -0.25) is 9.97 Å². The van der Waals surface area contributed by atoms with E-state index in [1.165, 1.54) is 0 Å². The van der Waals surface area contributed by atoms with E-state index in [0.29, 0.717) is 4.32 Å². The highest BCUT2D eigenvalue weighted by Gasteiger charge is 1.88. The average Bonchev–Trinajstić information content (AvgIpc) is 2.31. The van der Waals surface area contributed by atoms with Crippen LogP contribution in [0.1, 0.15) is 0 Å². The maximum Gasteiger partial charge on any atom is 0.135 e. The molecule has 3 N–H and O–H groups in total. The third kappa shape index (κ3) is 6.49. The number of thiol groups is 1. The van der Waals surface area contributed by atoms with Crippen LogP contribution in [0.3, 0.4) is 0 Å². The van der Waals surface area contributed by atoms with Gasteiger partial charge in [-0.05, 0) is 24.3 Å². The van der Waals surface area contributed by atoms with Crippen molar-refractivity contribution in [2.75, 3.05) is 11.1 Å².